The summed E-state index contributed by atoms with van der Waals surface area (Å²) in [7, 11) is 0. The van der Waals surface area contributed by atoms with E-state index in [1.54, 1.807) is 0 Å². The van der Waals surface area contributed by atoms with Gasteiger partial charge >= 0.3 is 0 Å². The summed E-state index contributed by atoms with van der Waals surface area (Å²) in [6, 6.07) is 30.2. The first-order valence-electron chi connectivity index (χ1n) is 16.9. The summed E-state index contributed by atoms with van der Waals surface area (Å²) in [5, 5.41) is 0. The fourth-order valence-corrected chi connectivity index (χ4v) is 9.99. The summed E-state index contributed by atoms with van der Waals surface area (Å²) >= 11 is 0. The van der Waals surface area contributed by atoms with Crippen LogP contribution < -0.4 is 9.13 Å². The van der Waals surface area contributed by atoms with Crippen molar-refractivity contribution in [3.05, 3.63) is 136 Å². The second kappa shape index (κ2) is 8.69. The lowest BCUT2D eigenvalue weighted by molar-refractivity contribution is -0.714. The van der Waals surface area contributed by atoms with Crippen molar-refractivity contribution in [1.82, 2.24) is 0 Å². The van der Waals surface area contributed by atoms with E-state index in [0.29, 0.717) is 0 Å². The zero-order chi connectivity index (χ0) is 31.0. The van der Waals surface area contributed by atoms with E-state index in [1.807, 2.05) is 0 Å². The molecule has 4 aliphatic rings. The predicted octanol–water partition coefficient (Wildman–Crippen LogP) is 9.36. The lowest BCUT2D eigenvalue weighted by Crippen LogP contribution is -2.55. The second-order valence-electron chi connectivity index (χ2n) is 14.9. The molecule has 4 heterocycles. The van der Waals surface area contributed by atoms with Gasteiger partial charge in [-0.25, -0.2) is 0 Å². The van der Waals surface area contributed by atoms with Gasteiger partial charge in [-0.3, -0.25) is 0 Å². The van der Waals surface area contributed by atoms with Gasteiger partial charge in [-0.2, -0.15) is 9.13 Å². The molecule has 45 heavy (non-hydrogen) atoms. The molecule has 2 aliphatic heterocycles. The number of pyridine rings is 2. The van der Waals surface area contributed by atoms with Gasteiger partial charge in [0.15, 0.2) is 18.4 Å². The topological polar surface area (TPSA) is 7.76 Å². The molecule has 9 rings (SSSR count). The van der Waals surface area contributed by atoms with Gasteiger partial charge in [0.2, 0.25) is 17.1 Å². The Bertz CT molecular complexity index is 2140. The van der Waals surface area contributed by atoms with Crippen LogP contribution in [0.15, 0.2) is 97.3 Å². The Hall–Kier alpha value is -4.30. The Morgan fingerprint density at radius 3 is 2.16 bits per heavy atom. The van der Waals surface area contributed by atoms with Crippen LogP contribution in [0.4, 0.5) is 0 Å². The normalized spacial score (nSPS) is 20.4. The van der Waals surface area contributed by atoms with Crippen LogP contribution in [0.5, 0.6) is 0 Å². The first kappa shape index (κ1) is 27.0. The molecule has 222 valence electrons. The smallest absolute Gasteiger partial charge is 0.190 e. The van der Waals surface area contributed by atoms with Crippen LogP contribution in [0.1, 0.15) is 99.4 Å². The molecule has 0 saturated carbocycles. The molecule has 2 heteroatoms. The molecule has 0 amide bonds. The van der Waals surface area contributed by atoms with Crippen molar-refractivity contribution in [3.63, 3.8) is 0 Å². The zero-order valence-electron chi connectivity index (χ0n) is 27.6. The zero-order valence-corrected chi connectivity index (χ0v) is 27.6. The summed E-state index contributed by atoms with van der Waals surface area (Å²) in [4.78, 5) is 0. The van der Waals surface area contributed by atoms with E-state index in [9.17, 15) is 0 Å². The van der Waals surface area contributed by atoms with Gasteiger partial charge < -0.3 is 0 Å². The highest BCUT2D eigenvalue weighted by molar-refractivity contribution is 5.93. The second-order valence-corrected chi connectivity index (χ2v) is 14.9. The minimum absolute atomic E-state index is 0.0153. The molecule has 0 saturated heterocycles. The van der Waals surface area contributed by atoms with Gasteiger partial charge in [-0.1, -0.05) is 90.1 Å². The highest BCUT2D eigenvalue weighted by Gasteiger charge is 2.57. The predicted molar refractivity (Wildman–Crippen MR) is 183 cm³/mol. The summed E-state index contributed by atoms with van der Waals surface area (Å²) in [5.41, 5.74) is 19.7. The quantitative estimate of drug-likeness (QED) is 0.182. The van der Waals surface area contributed by atoms with Crippen molar-refractivity contribution >= 4 is 5.70 Å². The third-order valence-electron chi connectivity index (χ3n) is 12.3. The maximum Gasteiger partial charge on any atom is 0.223 e. The summed E-state index contributed by atoms with van der Waals surface area (Å²) < 4.78 is 5.19. The van der Waals surface area contributed by atoms with Gasteiger partial charge in [-0.05, 0) is 71.3 Å². The molecule has 0 N–H and O–H groups in total. The van der Waals surface area contributed by atoms with E-state index in [4.69, 9.17) is 0 Å². The van der Waals surface area contributed by atoms with Crippen LogP contribution in [0, 0.1) is 6.92 Å². The average Bonchev–Trinajstić information content (AvgIpc) is 3.59. The van der Waals surface area contributed by atoms with Gasteiger partial charge in [0.25, 0.3) is 0 Å². The van der Waals surface area contributed by atoms with Crippen LogP contribution in [0.25, 0.3) is 39.3 Å². The molecular weight excluding hydrogens is 544 g/mol. The van der Waals surface area contributed by atoms with Crippen molar-refractivity contribution < 1.29 is 9.13 Å². The van der Waals surface area contributed by atoms with Crippen LogP contribution in [0.2, 0.25) is 0 Å². The molecule has 0 spiro atoms. The van der Waals surface area contributed by atoms with Gasteiger partial charge in [0, 0.05) is 34.1 Å². The lowest BCUT2D eigenvalue weighted by atomic mass is 9.65. The third kappa shape index (κ3) is 3.11. The average molecular weight is 587 g/mol. The van der Waals surface area contributed by atoms with Crippen molar-refractivity contribution in [1.29, 1.82) is 0 Å². The molecule has 3 aromatic carbocycles. The number of rotatable bonds is 4. The van der Waals surface area contributed by atoms with Gasteiger partial charge in [0.05, 0.1) is 28.2 Å². The first-order valence-corrected chi connectivity index (χ1v) is 16.9. The molecule has 2 nitrogen and oxygen atoms in total. The molecule has 1 unspecified atom stereocenters. The van der Waals surface area contributed by atoms with E-state index in [0.717, 1.165) is 12.8 Å². The maximum atomic E-state index is 2.65. The molecule has 0 bridgehead atoms. The SMILES string of the molecule is CCC1(CC)c2cccc3c2-c2c(ccc[n+]2C1C=C1c2cc(-c4ccccc4)cc4c2-c2c(c(C)cc[n+]21)C4(C)C)C3(C)C. The lowest BCUT2D eigenvalue weighted by Gasteiger charge is -2.39. The summed E-state index contributed by atoms with van der Waals surface area (Å²) in [6.07, 6.45) is 9.52. The van der Waals surface area contributed by atoms with Crippen molar-refractivity contribution in [2.24, 2.45) is 0 Å². The Labute approximate surface area is 267 Å². The van der Waals surface area contributed by atoms with Gasteiger partial charge in [0.1, 0.15) is 0 Å². The monoisotopic (exact) mass is 586 g/mol. The Morgan fingerprint density at radius 1 is 0.667 bits per heavy atom. The molecule has 2 aliphatic carbocycles. The fraction of sp³-hybridized carbons (Fsp3) is 0.302. The fourth-order valence-electron chi connectivity index (χ4n) is 9.99. The molecule has 2 aromatic heterocycles. The van der Waals surface area contributed by atoms with E-state index < -0.39 is 0 Å². The van der Waals surface area contributed by atoms with Gasteiger partial charge in [-0.15, -0.1) is 0 Å². The number of hydrogen-bond acceptors (Lipinski definition) is 0. The number of hydrogen-bond donors (Lipinski definition) is 0. The Balaban J connectivity index is 1.37. The van der Waals surface area contributed by atoms with E-state index in [-0.39, 0.29) is 22.3 Å². The molecule has 0 radical (unpaired) electrons. The highest BCUT2D eigenvalue weighted by atomic mass is 15.1. The number of aromatic nitrogens is 2. The Morgan fingerprint density at radius 2 is 1.40 bits per heavy atom. The molecule has 5 aromatic rings. The third-order valence-corrected chi connectivity index (χ3v) is 12.3. The minimum atomic E-state index is -0.0554. The summed E-state index contributed by atoms with van der Waals surface area (Å²) in [6.45, 7) is 16.8. The first-order chi connectivity index (χ1) is 21.6. The van der Waals surface area contributed by atoms with Crippen LogP contribution in [-0.2, 0) is 16.2 Å². The maximum absolute atomic E-state index is 2.65. The number of allylic oxidation sites excluding steroid dienone is 1. The van der Waals surface area contributed by atoms with Crippen LogP contribution in [-0.4, -0.2) is 0 Å². The van der Waals surface area contributed by atoms with Crippen molar-refractivity contribution in [2.75, 3.05) is 0 Å². The van der Waals surface area contributed by atoms with Crippen LogP contribution >= 0.6 is 0 Å². The summed E-state index contributed by atoms with van der Waals surface area (Å²) in [5.74, 6) is 0. The Kier molecular flexibility index (Phi) is 5.23. The van der Waals surface area contributed by atoms with Crippen molar-refractivity contribution in [2.45, 2.75) is 83.6 Å². The number of nitrogens with zero attached hydrogens (tertiary/aromatic N) is 2. The standard InChI is InChI=1S/C43H42N2/c1-8-43(9-2)31-18-13-17-30-37(31)39-32(41(30,4)5)19-14-21-45(39)35(43)25-34-29-23-28(27-15-11-10-12-16-27)24-33-36(29)40-38(42(33,6)7)26(3)20-22-44(34)40/h10-25,35H,8-9H2,1-7H3/q+2. The highest BCUT2D eigenvalue weighted by Crippen LogP contribution is 2.58. The molecule has 1 atom stereocenters. The molecular formula is C43H42N2+2. The molecule has 0 fully saturated rings. The largest absolute Gasteiger partial charge is 0.223 e. The van der Waals surface area contributed by atoms with E-state index in [1.165, 1.54) is 78.3 Å². The number of benzene rings is 3. The number of aryl methyl sites for hydroxylation is 1. The van der Waals surface area contributed by atoms with Crippen molar-refractivity contribution in [3.8, 4) is 33.6 Å². The minimum Gasteiger partial charge on any atom is -0.190 e. The van der Waals surface area contributed by atoms with E-state index in [2.05, 4.69) is 155 Å². The van der Waals surface area contributed by atoms with Crippen LogP contribution in [0.3, 0.4) is 0 Å². The van der Waals surface area contributed by atoms with E-state index >= 15 is 0 Å².